The summed E-state index contributed by atoms with van der Waals surface area (Å²) in [6, 6.07) is 15.7. The Labute approximate surface area is 123 Å². The van der Waals surface area contributed by atoms with Crippen molar-refractivity contribution in [2.75, 3.05) is 7.11 Å². The van der Waals surface area contributed by atoms with Crippen molar-refractivity contribution in [1.29, 1.82) is 0 Å². The van der Waals surface area contributed by atoms with Gasteiger partial charge in [-0.05, 0) is 24.1 Å². The summed E-state index contributed by atoms with van der Waals surface area (Å²) in [7, 11) is 1.64. The average molecular weight is 282 g/mol. The van der Waals surface area contributed by atoms with E-state index in [9.17, 15) is 0 Å². The Hall–Kier alpha value is -2.33. The lowest BCUT2D eigenvalue weighted by atomic mass is 10.0. The number of fused-ring (bicyclic) bond motifs is 1. The van der Waals surface area contributed by atoms with E-state index in [1.807, 2.05) is 48.5 Å². The molecule has 0 saturated heterocycles. The quantitative estimate of drug-likeness (QED) is 0.778. The molecular formula is C17H18N2O2. The summed E-state index contributed by atoms with van der Waals surface area (Å²) >= 11 is 0. The Bertz CT molecular complexity index is 722. The number of nitrogens with zero attached hydrogens (tertiary/aromatic N) is 1. The molecule has 2 aromatic carbocycles. The molecule has 3 aromatic rings. The van der Waals surface area contributed by atoms with Crippen molar-refractivity contribution in [3.05, 3.63) is 60.0 Å². The molecule has 1 atom stereocenters. The van der Waals surface area contributed by atoms with Gasteiger partial charge in [0, 0.05) is 18.5 Å². The first-order chi connectivity index (χ1) is 10.3. The van der Waals surface area contributed by atoms with Crippen molar-refractivity contribution in [3.63, 3.8) is 0 Å². The van der Waals surface area contributed by atoms with Gasteiger partial charge in [0.1, 0.15) is 11.3 Å². The van der Waals surface area contributed by atoms with E-state index in [0.29, 0.717) is 12.3 Å². The second-order valence-electron chi connectivity index (χ2n) is 5.00. The number of oxazole rings is 1. The highest BCUT2D eigenvalue weighted by atomic mass is 16.5. The fourth-order valence-electron chi connectivity index (χ4n) is 2.33. The molecule has 0 saturated carbocycles. The normalized spacial score (nSPS) is 12.5. The molecule has 0 spiro atoms. The number of rotatable bonds is 5. The summed E-state index contributed by atoms with van der Waals surface area (Å²) in [6.45, 7) is 0. The number of hydrogen-bond acceptors (Lipinski definition) is 4. The van der Waals surface area contributed by atoms with Gasteiger partial charge in [0.15, 0.2) is 11.5 Å². The second kappa shape index (κ2) is 5.97. The smallest absolute Gasteiger partial charge is 0.195 e. The van der Waals surface area contributed by atoms with Crippen molar-refractivity contribution in [3.8, 4) is 5.75 Å². The standard InChI is InChI=1S/C17H18N2O2/c1-20-13-7-9-16-15(11-13)19-17(21-16)10-8-14(18)12-5-3-2-4-6-12/h2-7,9,11,14H,8,10,18H2,1H3. The molecule has 4 nitrogen and oxygen atoms in total. The monoisotopic (exact) mass is 282 g/mol. The minimum absolute atomic E-state index is 0.00394. The van der Waals surface area contributed by atoms with Crippen LogP contribution in [0.5, 0.6) is 5.75 Å². The second-order valence-corrected chi connectivity index (χ2v) is 5.00. The van der Waals surface area contributed by atoms with E-state index in [0.717, 1.165) is 28.8 Å². The summed E-state index contributed by atoms with van der Waals surface area (Å²) in [4.78, 5) is 4.48. The molecule has 108 valence electrons. The predicted molar refractivity (Wildman–Crippen MR) is 82.3 cm³/mol. The summed E-state index contributed by atoms with van der Waals surface area (Å²) in [5, 5.41) is 0. The zero-order valence-corrected chi connectivity index (χ0v) is 12.0. The van der Waals surface area contributed by atoms with Crippen molar-refractivity contribution in [1.82, 2.24) is 4.98 Å². The van der Waals surface area contributed by atoms with Crippen LogP contribution in [0.4, 0.5) is 0 Å². The highest BCUT2D eigenvalue weighted by Gasteiger charge is 2.10. The SMILES string of the molecule is COc1ccc2oc(CCC(N)c3ccccc3)nc2c1. The molecule has 0 fully saturated rings. The van der Waals surface area contributed by atoms with Gasteiger partial charge in [0.05, 0.1) is 7.11 Å². The van der Waals surface area contributed by atoms with Gasteiger partial charge < -0.3 is 14.9 Å². The van der Waals surface area contributed by atoms with Crippen LogP contribution in [0.15, 0.2) is 52.9 Å². The summed E-state index contributed by atoms with van der Waals surface area (Å²) < 4.78 is 10.9. The maximum atomic E-state index is 6.19. The Morgan fingerprint density at radius 2 is 2.00 bits per heavy atom. The van der Waals surface area contributed by atoms with E-state index in [-0.39, 0.29) is 6.04 Å². The molecule has 0 aliphatic carbocycles. The third-order valence-electron chi connectivity index (χ3n) is 3.54. The van der Waals surface area contributed by atoms with Gasteiger partial charge in [-0.15, -0.1) is 0 Å². The Kier molecular flexibility index (Phi) is 3.88. The predicted octanol–water partition coefficient (Wildman–Crippen LogP) is 3.47. The third-order valence-corrected chi connectivity index (χ3v) is 3.54. The molecule has 4 heteroatoms. The fraction of sp³-hybridized carbons (Fsp3) is 0.235. The lowest BCUT2D eigenvalue weighted by Crippen LogP contribution is -2.11. The number of aryl methyl sites for hydroxylation is 1. The Balaban J connectivity index is 1.70. The van der Waals surface area contributed by atoms with Gasteiger partial charge >= 0.3 is 0 Å². The number of hydrogen-bond donors (Lipinski definition) is 1. The van der Waals surface area contributed by atoms with Gasteiger partial charge in [-0.3, -0.25) is 0 Å². The van der Waals surface area contributed by atoms with Crippen molar-refractivity contribution >= 4 is 11.1 Å². The van der Waals surface area contributed by atoms with Gasteiger partial charge in [-0.2, -0.15) is 0 Å². The first-order valence-corrected chi connectivity index (χ1v) is 7.00. The molecule has 0 bridgehead atoms. The molecule has 2 N–H and O–H groups in total. The third kappa shape index (κ3) is 3.06. The van der Waals surface area contributed by atoms with Gasteiger partial charge in [-0.25, -0.2) is 4.98 Å². The van der Waals surface area contributed by atoms with E-state index >= 15 is 0 Å². The van der Waals surface area contributed by atoms with Crippen LogP contribution in [0.1, 0.15) is 23.9 Å². The maximum Gasteiger partial charge on any atom is 0.195 e. The highest BCUT2D eigenvalue weighted by molar-refractivity contribution is 5.74. The van der Waals surface area contributed by atoms with E-state index in [2.05, 4.69) is 4.98 Å². The first kappa shape index (κ1) is 13.6. The molecule has 3 rings (SSSR count). The van der Waals surface area contributed by atoms with Crippen molar-refractivity contribution in [2.24, 2.45) is 5.73 Å². The zero-order chi connectivity index (χ0) is 14.7. The molecule has 0 aliphatic heterocycles. The molecule has 1 aromatic heterocycles. The number of methoxy groups -OCH3 is 1. The molecule has 1 heterocycles. The molecule has 1 unspecified atom stereocenters. The molecular weight excluding hydrogens is 264 g/mol. The van der Waals surface area contributed by atoms with E-state index in [1.54, 1.807) is 7.11 Å². The van der Waals surface area contributed by atoms with Gasteiger partial charge in [0.2, 0.25) is 0 Å². The van der Waals surface area contributed by atoms with Crippen LogP contribution >= 0.6 is 0 Å². The van der Waals surface area contributed by atoms with Crippen molar-refractivity contribution in [2.45, 2.75) is 18.9 Å². The zero-order valence-electron chi connectivity index (χ0n) is 12.0. The van der Waals surface area contributed by atoms with E-state index < -0.39 is 0 Å². The number of ether oxygens (including phenoxy) is 1. The molecule has 21 heavy (non-hydrogen) atoms. The van der Waals surface area contributed by atoms with Crippen LogP contribution < -0.4 is 10.5 Å². The fourth-order valence-corrected chi connectivity index (χ4v) is 2.33. The number of aromatic nitrogens is 1. The van der Waals surface area contributed by atoms with E-state index in [4.69, 9.17) is 14.9 Å². The maximum absolute atomic E-state index is 6.19. The van der Waals surface area contributed by atoms with Gasteiger partial charge in [-0.1, -0.05) is 30.3 Å². The minimum atomic E-state index is -0.00394. The van der Waals surface area contributed by atoms with Crippen LogP contribution in [0.2, 0.25) is 0 Å². The lowest BCUT2D eigenvalue weighted by Gasteiger charge is -2.09. The summed E-state index contributed by atoms with van der Waals surface area (Å²) in [5.74, 6) is 1.49. The number of nitrogens with two attached hydrogens (primary N) is 1. The van der Waals surface area contributed by atoms with Crippen LogP contribution in [-0.2, 0) is 6.42 Å². The average Bonchev–Trinajstić information content (AvgIpc) is 2.95. The lowest BCUT2D eigenvalue weighted by molar-refractivity contribution is 0.415. The van der Waals surface area contributed by atoms with Crippen LogP contribution in [-0.4, -0.2) is 12.1 Å². The molecule has 0 radical (unpaired) electrons. The summed E-state index contributed by atoms with van der Waals surface area (Å²) in [6.07, 6.45) is 1.51. The van der Waals surface area contributed by atoms with Crippen molar-refractivity contribution < 1.29 is 9.15 Å². The largest absolute Gasteiger partial charge is 0.497 e. The topological polar surface area (TPSA) is 61.3 Å². The molecule has 0 aliphatic rings. The Morgan fingerprint density at radius 1 is 1.19 bits per heavy atom. The minimum Gasteiger partial charge on any atom is -0.497 e. The molecule has 0 amide bonds. The number of benzene rings is 2. The Morgan fingerprint density at radius 3 is 2.76 bits per heavy atom. The van der Waals surface area contributed by atoms with Crippen LogP contribution in [0, 0.1) is 0 Å². The summed E-state index contributed by atoms with van der Waals surface area (Å²) in [5.41, 5.74) is 8.92. The van der Waals surface area contributed by atoms with Gasteiger partial charge in [0.25, 0.3) is 0 Å². The first-order valence-electron chi connectivity index (χ1n) is 7.00. The van der Waals surface area contributed by atoms with Crippen LogP contribution in [0.25, 0.3) is 11.1 Å². The highest BCUT2D eigenvalue weighted by Crippen LogP contribution is 2.23. The van der Waals surface area contributed by atoms with Crippen LogP contribution in [0.3, 0.4) is 0 Å². The van der Waals surface area contributed by atoms with E-state index in [1.165, 1.54) is 0 Å².